The number of likely N-dealkylation sites (N-methyl/N-ethyl adjacent to an activating group) is 2. The maximum Gasteiger partial charge on any atom is 0.410 e. The van der Waals surface area contributed by atoms with Crippen LogP contribution in [0.15, 0.2) is 66.7 Å². The molecule has 3 aliphatic rings. The summed E-state index contributed by atoms with van der Waals surface area (Å²) in [5.41, 5.74) is 6.97. The molecule has 2 aliphatic carbocycles. The van der Waals surface area contributed by atoms with E-state index in [4.69, 9.17) is 19.9 Å². The quantitative estimate of drug-likeness (QED) is 0.0306. The van der Waals surface area contributed by atoms with Crippen molar-refractivity contribution in [3.63, 3.8) is 0 Å². The highest BCUT2D eigenvalue weighted by atomic mass is 16.6. The van der Waals surface area contributed by atoms with E-state index >= 15 is 4.79 Å². The van der Waals surface area contributed by atoms with Crippen LogP contribution in [0.2, 0.25) is 0 Å². The lowest BCUT2D eigenvalue weighted by molar-refractivity contribution is -0.150. The van der Waals surface area contributed by atoms with Crippen molar-refractivity contribution in [2.24, 2.45) is 59.0 Å². The standard InChI is InChI=1S/C74H111N7O15/c1-45(2)56(72(91)79(9)68(51-24-16-13-17-25-51)63(94-11)43-65(88)81-39-23-30-57(81)70(95-12)49(8)60(84)40-48(7)69(89)52-26-18-14-19-27-52)42-62(86)67(47(5)6)80(10)74(93)96-44-50-32-34-54(35-33-50)77-71(90)53(28-22-38-76-73(75)92)41-61(85)66(46(3)4)78-64(87)31-21-15-20-29-55-58(82)36-37-59(55)83/h14,18-19,26-27,32-37,45-49,51,53,55-57,63,66-70,89H,13,15-17,20-25,28-31,38-44H2,1-12H3,(H,77,90)(H,78,87)(H3,75,76,92)/t48-,49-,53?,56-,57-,63+,66-,67-,68-,69+,70+/m0/s1. The third kappa shape index (κ3) is 23.3. The van der Waals surface area contributed by atoms with E-state index in [0.29, 0.717) is 56.3 Å². The second-order valence-corrected chi connectivity index (χ2v) is 28.0. The van der Waals surface area contributed by atoms with Crippen LogP contribution < -0.4 is 21.7 Å². The van der Waals surface area contributed by atoms with Gasteiger partial charge in [-0.1, -0.05) is 130 Å². The zero-order chi connectivity index (χ0) is 70.9. The summed E-state index contributed by atoms with van der Waals surface area (Å²) in [5.74, 6) is -6.46. The van der Waals surface area contributed by atoms with E-state index in [1.165, 1.54) is 24.1 Å². The second kappa shape index (κ2) is 39.3. The molecule has 2 aromatic rings. The van der Waals surface area contributed by atoms with Crippen LogP contribution in [0.1, 0.15) is 188 Å². The summed E-state index contributed by atoms with van der Waals surface area (Å²) in [7, 11) is 6.37. The van der Waals surface area contributed by atoms with E-state index in [-0.39, 0.29) is 134 Å². The largest absolute Gasteiger partial charge is 0.445 e. The molecule has 22 nitrogen and oxygen atoms in total. The Bertz CT molecular complexity index is 2930. The Morgan fingerprint density at radius 1 is 0.698 bits per heavy atom. The number of aliphatic hydroxyl groups excluding tert-OH is 1. The summed E-state index contributed by atoms with van der Waals surface area (Å²) in [6.45, 7) is 15.2. The number of ketones is 5. The van der Waals surface area contributed by atoms with Gasteiger partial charge < -0.3 is 55.7 Å². The first-order valence-electron chi connectivity index (χ1n) is 34.9. The number of amides is 7. The third-order valence-corrected chi connectivity index (χ3v) is 19.9. The van der Waals surface area contributed by atoms with Crippen LogP contribution in [0, 0.1) is 53.3 Å². The Morgan fingerprint density at radius 2 is 1.35 bits per heavy atom. The molecule has 2 aromatic carbocycles. The number of carbonyl (C=O) groups excluding carboxylic acids is 11. The molecule has 532 valence electrons. The summed E-state index contributed by atoms with van der Waals surface area (Å²) in [4.78, 5) is 153. The van der Waals surface area contributed by atoms with Crippen LogP contribution in [0.4, 0.5) is 15.3 Å². The number of ether oxygens (including phenoxy) is 3. The smallest absolute Gasteiger partial charge is 0.410 e. The molecule has 2 fully saturated rings. The molecular weight excluding hydrogens is 1230 g/mol. The molecule has 1 heterocycles. The van der Waals surface area contributed by atoms with Gasteiger partial charge in [0.1, 0.15) is 12.4 Å². The number of hydrogen-bond acceptors (Lipinski definition) is 15. The zero-order valence-corrected chi connectivity index (χ0v) is 59.0. The number of nitrogens with zero attached hydrogens (tertiary/aromatic N) is 3. The van der Waals surface area contributed by atoms with Gasteiger partial charge in [-0.3, -0.25) is 43.2 Å². The van der Waals surface area contributed by atoms with E-state index in [0.717, 1.165) is 44.1 Å². The summed E-state index contributed by atoms with van der Waals surface area (Å²) < 4.78 is 18.1. The molecule has 1 unspecified atom stereocenters. The average Bonchev–Trinajstić information content (AvgIpc) is 1.28. The van der Waals surface area contributed by atoms with Gasteiger partial charge in [-0.25, -0.2) is 9.59 Å². The Morgan fingerprint density at radius 3 is 1.95 bits per heavy atom. The topological polar surface area (TPSA) is 308 Å². The number of methoxy groups -OCH3 is 2. The number of urea groups is 1. The summed E-state index contributed by atoms with van der Waals surface area (Å²) in [6.07, 6.45) is 8.25. The molecule has 1 saturated carbocycles. The fourth-order valence-corrected chi connectivity index (χ4v) is 14.3. The number of Topliss-reactive ketones (excluding diaryl/α,β-unsaturated/α-hetero) is 3. The van der Waals surface area contributed by atoms with Crippen molar-refractivity contribution in [1.82, 2.24) is 25.3 Å². The van der Waals surface area contributed by atoms with Crippen LogP contribution in [-0.2, 0) is 64.0 Å². The van der Waals surface area contributed by atoms with Crippen molar-refractivity contribution >= 4 is 70.4 Å². The van der Waals surface area contributed by atoms with E-state index in [9.17, 15) is 53.1 Å². The number of primary amides is 1. The molecule has 0 radical (unpaired) electrons. The van der Waals surface area contributed by atoms with Crippen LogP contribution >= 0.6 is 0 Å². The highest BCUT2D eigenvalue weighted by molar-refractivity contribution is 6.18. The van der Waals surface area contributed by atoms with Crippen molar-refractivity contribution in [2.75, 3.05) is 46.7 Å². The third-order valence-electron chi connectivity index (χ3n) is 19.9. The summed E-state index contributed by atoms with van der Waals surface area (Å²) in [5, 5.41) is 19.3. The molecule has 0 bridgehead atoms. The van der Waals surface area contributed by atoms with Crippen LogP contribution in [0.5, 0.6) is 0 Å². The van der Waals surface area contributed by atoms with Crippen molar-refractivity contribution in [3.05, 3.63) is 77.9 Å². The fraction of sp³-hybridized carbons (Fsp3) is 0.662. The molecule has 0 aromatic heterocycles. The number of anilines is 1. The number of benzene rings is 2. The van der Waals surface area contributed by atoms with Crippen molar-refractivity contribution in [1.29, 1.82) is 0 Å². The molecule has 7 amide bonds. The minimum Gasteiger partial charge on any atom is -0.445 e. The number of rotatable bonds is 40. The molecular formula is C74H111N7O15. The Hall–Kier alpha value is -7.17. The average molecular weight is 1340 g/mol. The lowest BCUT2D eigenvalue weighted by atomic mass is 9.79. The predicted octanol–water partition coefficient (Wildman–Crippen LogP) is 9.67. The van der Waals surface area contributed by atoms with Gasteiger partial charge in [-0.15, -0.1) is 0 Å². The molecule has 96 heavy (non-hydrogen) atoms. The van der Waals surface area contributed by atoms with Gasteiger partial charge in [0.15, 0.2) is 23.1 Å². The monoisotopic (exact) mass is 1340 g/mol. The zero-order valence-electron chi connectivity index (χ0n) is 59.0. The Kier molecular flexibility index (Phi) is 32.5. The number of carbonyl (C=O) groups is 11. The first-order valence-corrected chi connectivity index (χ1v) is 34.9. The SMILES string of the molecule is CO[C@H]([C@@H](C)C(=O)C[C@H](C)[C@@H](O)c1ccccc1)[C@@H]1CCCN1C(=O)C[C@@H](OC)[C@H](C1CCCCC1)N(C)C(=O)[C@@H](CC(=O)[C@H](C(C)C)N(C)C(=O)OCc1ccc(NC(=O)C(CCCNC(N)=O)CC(=O)[C@@H](NC(=O)CCCCCC2C(=O)C=CC2=O)C(C)C)cc1)C(C)C. The lowest BCUT2D eigenvalue weighted by Gasteiger charge is -2.43. The van der Waals surface area contributed by atoms with Gasteiger partial charge in [-0.2, -0.15) is 0 Å². The predicted molar refractivity (Wildman–Crippen MR) is 365 cm³/mol. The number of aliphatic hydroxyl groups is 1. The van der Waals surface area contributed by atoms with Crippen LogP contribution in [-0.4, -0.2) is 162 Å². The van der Waals surface area contributed by atoms with Gasteiger partial charge in [0.2, 0.25) is 23.6 Å². The van der Waals surface area contributed by atoms with Crippen LogP contribution in [0.3, 0.4) is 0 Å². The molecule has 22 heteroatoms. The van der Waals surface area contributed by atoms with E-state index in [2.05, 4.69) is 16.0 Å². The van der Waals surface area contributed by atoms with Gasteiger partial charge in [0, 0.05) is 90.5 Å². The number of hydrogen-bond donors (Lipinski definition) is 5. The minimum absolute atomic E-state index is 0.0145. The minimum atomic E-state index is -0.957. The highest BCUT2D eigenvalue weighted by Gasteiger charge is 2.45. The molecule has 0 spiro atoms. The Labute approximate surface area is 569 Å². The number of nitrogens with one attached hydrogen (secondary N) is 3. The van der Waals surface area contributed by atoms with Gasteiger partial charge >= 0.3 is 12.1 Å². The maximum atomic E-state index is 15.1. The molecule has 6 N–H and O–H groups in total. The number of nitrogens with two attached hydrogens (primary N) is 1. The molecule has 11 atom stereocenters. The van der Waals surface area contributed by atoms with Gasteiger partial charge in [0.25, 0.3) is 0 Å². The first kappa shape index (κ1) is 79.5. The molecule has 5 rings (SSSR count). The van der Waals surface area contributed by atoms with Gasteiger partial charge in [-0.05, 0) is 116 Å². The molecule has 1 aliphatic heterocycles. The highest BCUT2D eigenvalue weighted by Crippen LogP contribution is 2.37. The number of allylic oxidation sites excluding steroid dienone is 2. The first-order chi connectivity index (χ1) is 45.6. The number of unbranched alkanes of at least 4 members (excludes halogenated alkanes) is 2. The summed E-state index contributed by atoms with van der Waals surface area (Å²) >= 11 is 0. The fourth-order valence-electron chi connectivity index (χ4n) is 14.3. The molecule has 1 saturated heterocycles. The Balaban J connectivity index is 1.19. The normalized spacial score (nSPS) is 18.4. The van der Waals surface area contributed by atoms with Crippen molar-refractivity contribution in [3.8, 4) is 0 Å². The van der Waals surface area contributed by atoms with Crippen LogP contribution in [0.25, 0.3) is 0 Å². The number of likely N-dealkylation sites (tertiary alicyclic amines) is 1. The van der Waals surface area contributed by atoms with Crippen molar-refractivity contribution in [2.45, 2.75) is 220 Å². The lowest BCUT2D eigenvalue weighted by Crippen LogP contribution is -2.55. The van der Waals surface area contributed by atoms with E-state index < -0.39 is 78.1 Å². The maximum absolute atomic E-state index is 15.1. The van der Waals surface area contributed by atoms with Gasteiger partial charge in [0.05, 0.1) is 54.8 Å². The second-order valence-electron chi connectivity index (χ2n) is 28.0. The summed E-state index contributed by atoms with van der Waals surface area (Å²) in [6, 6.07) is 12.4. The van der Waals surface area contributed by atoms with E-state index in [1.54, 1.807) is 64.3 Å². The van der Waals surface area contributed by atoms with E-state index in [1.807, 2.05) is 76.8 Å². The van der Waals surface area contributed by atoms with Crippen molar-refractivity contribution < 1.29 is 72.1 Å².